The molecule has 160 valence electrons. The predicted octanol–water partition coefficient (Wildman–Crippen LogP) is 6.88. The van der Waals surface area contributed by atoms with Crippen LogP contribution in [-0.4, -0.2) is 11.8 Å². The van der Waals surface area contributed by atoms with E-state index in [9.17, 15) is 0 Å². The Bertz CT molecular complexity index is 565. The van der Waals surface area contributed by atoms with Crippen molar-refractivity contribution in [3.63, 3.8) is 0 Å². The molecule has 1 aromatic carbocycles. The van der Waals surface area contributed by atoms with E-state index in [2.05, 4.69) is 58.9 Å². The molecule has 2 heterocycles. The van der Waals surface area contributed by atoms with Crippen molar-refractivity contribution in [3.8, 4) is 0 Å². The van der Waals surface area contributed by atoms with E-state index >= 15 is 0 Å². The Hall–Kier alpha value is -1.87. The minimum atomic E-state index is 0.588. The van der Waals surface area contributed by atoms with Crippen LogP contribution in [0.5, 0.6) is 0 Å². The van der Waals surface area contributed by atoms with Crippen molar-refractivity contribution in [2.24, 2.45) is 11.8 Å². The SMILES string of the molecule is CC.CC.CC(C)C.CC(C)C1COCc2ccccc21.O[n+]1ccccc1. The molecule has 0 bridgehead atoms. The van der Waals surface area contributed by atoms with Crippen molar-refractivity contribution >= 4 is 0 Å². The maximum absolute atomic E-state index is 8.55. The number of hydrogen-bond donors (Lipinski definition) is 1. The number of rotatable bonds is 1. The molecule has 1 aromatic heterocycles. The zero-order valence-corrected chi connectivity index (χ0v) is 19.6. The van der Waals surface area contributed by atoms with Crippen LogP contribution in [0.1, 0.15) is 79.4 Å². The lowest BCUT2D eigenvalue weighted by Crippen LogP contribution is -2.27. The first-order chi connectivity index (χ1) is 13.4. The Kier molecular flexibility index (Phi) is 18.7. The zero-order valence-electron chi connectivity index (χ0n) is 19.6. The molecule has 2 aromatic rings. The van der Waals surface area contributed by atoms with Gasteiger partial charge in [-0.05, 0) is 23.0 Å². The van der Waals surface area contributed by atoms with Crippen LogP contribution in [0.15, 0.2) is 54.9 Å². The van der Waals surface area contributed by atoms with Crippen LogP contribution >= 0.6 is 0 Å². The number of ether oxygens (including phenoxy) is 1. The van der Waals surface area contributed by atoms with Crippen LogP contribution in [0.25, 0.3) is 0 Å². The van der Waals surface area contributed by atoms with Gasteiger partial charge in [0.15, 0.2) is 0 Å². The molecule has 0 saturated carbocycles. The van der Waals surface area contributed by atoms with Gasteiger partial charge in [-0.15, -0.1) is 0 Å². The van der Waals surface area contributed by atoms with E-state index in [1.807, 2.05) is 33.8 Å². The first kappa shape index (κ1) is 28.3. The quantitative estimate of drug-likeness (QED) is 0.425. The van der Waals surface area contributed by atoms with Crippen molar-refractivity contribution < 1.29 is 14.7 Å². The molecule has 3 heteroatoms. The standard InChI is InChI=1S/C12H16O.C5H6NO.C4H10.2C2H6/c1-9(2)12-8-13-7-10-5-3-4-6-11(10)12;7-6-4-2-1-3-5-6;1-4(2)3;2*1-2/h3-6,9,12H,7-8H2,1-2H3;1-5,7H;4H,1-3H3;2*1-2H3/q;+1;;;. The smallest absolute Gasteiger partial charge is 0.222 e. The Labute approximate surface area is 174 Å². The lowest BCUT2D eigenvalue weighted by molar-refractivity contribution is -0.904. The highest BCUT2D eigenvalue weighted by molar-refractivity contribution is 5.31. The maximum atomic E-state index is 8.55. The lowest BCUT2D eigenvalue weighted by atomic mass is 9.85. The van der Waals surface area contributed by atoms with Gasteiger partial charge < -0.3 is 4.74 Å². The van der Waals surface area contributed by atoms with Crippen molar-refractivity contribution in [1.29, 1.82) is 0 Å². The normalized spacial score (nSPS) is 13.9. The molecule has 1 N–H and O–H groups in total. The van der Waals surface area contributed by atoms with Crippen LogP contribution in [0.3, 0.4) is 0 Å². The van der Waals surface area contributed by atoms with Gasteiger partial charge in [-0.2, -0.15) is 0 Å². The van der Waals surface area contributed by atoms with Gasteiger partial charge >= 0.3 is 0 Å². The topological polar surface area (TPSA) is 33.3 Å². The third-order valence-electron chi connectivity index (χ3n) is 3.51. The summed E-state index contributed by atoms with van der Waals surface area (Å²) in [6.45, 7) is 20.7. The second-order valence-electron chi connectivity index (χ2n) is 7.05. The van der Waals surface area contributed by atoms with Crippen LogP contribution in [0.4, 0.5) is 0 Å². The largest absolute Gasteiger partial charge is 0.376 e. The summed E-state index contributed by atoms with van der Waals surface area (Å²) in [4.78, 5) is 0. The molecule has 0 aliphatic carbocycles. The number of fused-ring (bicyclic) bond motifs is 1. The lowest BCUT2D eigenvalue weighted by Gasteiger charge is -2.28. The van der Waals surface area contributed by atoms with Crippen LogP contribution in [-0.2, 0) is 11.3 Å². The molecule has 0 fully saturated rings. The summed E-state index contributed by atoms with van der Waals surface area (Å²) in [5.74, 6) is 2.09. The second kappa shape index (κ2) is 18.5. The summed E-state index contributed by atoms with van der Waals surface area (Å²) in [6, 6.07) is 14.0. The monoisotopic (exact) mass is 390 g/mol. The van der Waals surface area contributed by atoms with Crippen molar-refractivity contribution in [3.05, 3.63) is 66.0 Å². The Balaban J connectivity index is 0. The second-order valence-corrected chi connectivity index (χ2v) is 7.05. The molecule has 1 aliphatic rings. The predicted molar refractivity (Wildman–Crippen MR) is 121 cm³/mol. The fourth-order valence-electron chi connectivity index (χ4n) is 2.35. The van der Waals surface area contributed by atoms with Gasteiger partial charge in [0.2, 0.25) is 12.4 Å². The first-order valence-electron chi connectivity index (χ1n) is 10.7. The zero-order chi connectivity index (χ0) is 21.9. The summed E-state index contributed by atoms with van der Waals surface area (Å²) in [6.07, 6.45) is 3.11. The molecule has 0 amide bonds. The van der Waals surface area contributed by atoms with Gasteiger partial charge in [-0.1, -0.05) is 92.6 Å². The number of nitrogens with zero attached hydrogens (tertiary/aromatic N) is 1. The average Bonchev–Trinajstić information content (AvgIpc) is 2.71. The summed E-state index contributed by atoms with van der Waals surface area (Å²) < 4.78 is 6.57. The Morgan fingerprint density at radius 3 is 1.79 bits per heavy atom. The van der Waals surface area contributed by atoms with Gasteiger partial charge in [0, 0.05) is 22.8 Å². The number of benzene rings is 1. The summed E-state index contributed by atoms with van der Waals surface area (Å²) in [5.41, 5.74) is 2.86. The van der Waals surface area contributed by atoms with E-state index in [1.165, 1.54) is 11.1 Å². The number of pyridine rings is 1. The highest BCUT2D eigenvalue weighted by atomic mass is 16.5. The Morgan fingerprint density at radius 2 is 1.36 bits per heavy atom. The van der Waals surface area contributed by atoms with Gasteiger partial charge in [-0.25, -0.2) is 0 Å². The third-order valence-corrected chi connectivity index (χ3v) is 3.51. The summed E-state index contributed by atoms with van der Waals surface area (Å²) in [7, 11) is 0. The van der Waals surface area contributed by atoms with Gasteiger partial charge in [0.05, 0.1) is 13.2 Å². The fraction of sp³-hybridized carbons (Fsp3) is 0.560. The molecule has 28 heavy (non-hydrogen) atoms. The van der Waals surface area contributed by atoms with E-state index in [0.29, 0.717) is 11.8 Å². The van der Waals surface area contributed by atoms with Crippen LogP contribution < -0.4 is 4.73 Å². The highest BCUT2D eigenvalue weighted by Crippen LogP contribution is 2.31. The van der Waals surface area contributed by atoms with Gasteiger partial charge in [-0.3, -0.25) is 5.21 Å². The third kappa shape index (κ3) is 13.3. The minimum Gasteiger partial charge on any atom is -0.376 e. The molecule has 0 spiro atoms. The maximum Gasteiger partial charge on any atom is 0.222 e. The fourth-order valence-corrected chi connectivity index (χ4v) is 2.35. The highest BCUT2D eigenvalue weighted by Gasteiger charge is 2.22. The molecule has 0 radical (unpaired) electrons. The number of aromatic nitrogens is 1. The molecule has 1 atom stereocenters. The van der Waals surface area contributed by atoms with Gasteiger partial charge in [0.25, 0.3) is 0 Å². The van der Waals surface area contributed by atoms with E-state index in [-0.39, 0.29) is 0 Å². The minimum absolute atomic E-state index is 0.588. The Morgan fingerprint density at radius 1 is 0.857 bits per heavy atom. The van der Waals surface area contributed by atoms with E-state index in [1.54, 1.807) is 24.5 Å². The van der Waals surface area contributed by atoms with E-state index < -0.39 is 0 Å². The van der Waals surface area contributed by atoms with E-state index in [4.69, 9.17) is 9.94 Å². The van der Waals surface area contributed by atoms with Crippen molar-refractivity contribution in [2.75, 3.05) is 6.61 Å². The van der Waals surface area contributed by atoms with Crippen molar-refractivity contribution in [2.45, 2.75) is 74.8 Å². The molecular formula is C25H44NO2+. The molecule has 0 saturated heterocycles. The first-order valence-corrected chi connectivity index (χ1v) is 10.7. The van der Waals surface area contributed by atoms with Crippen molar-refractivity contribution in [1.82, 2.24) is 0 Å². The molecule has 1 aliphatic heterocycles. The molecular weight excluding hydrogens is 346 g/mol. The van der Waals surface area contributed by atoms with Crippen LogP contribution in [0.2, 0.25) is 0 Å². The van der Waals surface area contributed by atoms with Gasteiger partial charge in [0.1, 0.15) is 0 Å². The molecule has 3 nitrogen and oxygen atoms in total. The molecule has 3 rings (SSSR count). The summed E-state index contributed by atoms with van der Waals surface area (Å²) >= 11 is 0. The van der Waals surface area contributed by atoms with E-state index in [0.717, 1.165) is 23.9 Å². The number of hydrogen-bond acceptors (Lipinski definition) is 2. The average molecular weight is 391 g/mol. The molecule has 1 unspecified atom stereocenters. The van der Waals surface area contributed by atoms with Crippen LogP contribution in [0, 0.1) is 11.8 Å². The summed E-state index contributed by atoms with van der Waals surface area (Å²) in [5, 5.41) is 8.55.